The SMILES string of the molecule is CC(CNS(=O)(=O)C(F)F)C(=N)N. The van der Waals surface area contributed by atoms with Gasteiger partial charge >= 0.3 is 5.76 Å². The van der Waals surface area contributed by atoms with E-state index in [1.54, 1.807) is 4.72 Å². The Morgan fingerprint density at radius 2 is 2.08 bits per heavy atom. The molecule has 0 rings (SSSR count). The van der Waals surface area contributed by atoms with Gasteiger partial charge in [0.05, 0.1) is 5.84 Å². The van der Waals surface area contributed by atoms with Crippen LogP contribution in [0.1, 0.15) is 6.92 Å². The molecule has 0 amide bonds. The van der Waals surface area contributed by atoms with Gasteiger partial charge < -0.3 is 5.73 Å². The molecule has 5 nitrogen and oxygen atoms in total. The summed E-state index contributed by atoms with van der Waals surface area (Å²) < 4.78 is 46.1. The molecule has 1 atom stereocenters. The summed E-state index contributed by atoms with van der Waals surface area (Å²) in [6, 6.07) is 0. The molecular weight excluding hydrogens is 204 g/mol. The molecule has 78 valence electrons. The minimum Gasteiger partial charge on any atom is -0.387 e. The normalized spacial score (nSPS) is 14.5. The number of hydrogen-bond donors (Lipinski definition) is 3. The van der Waals surface area contributed by atoms with Gasteiger partial charge in [0.15, 0.2) is 0 Å². The van der Waals surface area contributed by atoms with Gasteiger partial charge in [-0.2, -0.15) is 8.78 Å². The molecule has 0 radical (unpaired) electrons. The zero-order chi connectivity index (χ0) is 10.6. The fourth-order valence-electron chi connectivity index (χ4n) is 0.414. The van der Waals surface area contributed by atoms with Gasteiger partial charge in [-0.25, -0.2) is 13.1 Å². The summed E-state index contributed by atoms with van der Waals surface area (Å²) in [6.45, 7) is 1.17. The molecule has 13 heavy (non-hydrogen) atoms. The first-order chi connectivity index (χ1) is 5.77. The van der Waals surface area contributed by atoms with E-state index >= 15 is 0 Å². The number of rotatable bonds is 5. The zero-order valence-electron chi connectivity index (χ0n) is 6.92. The summed E-state index contributed by atoms with van der Waals surface area (Å²) in [7, 11) is -4.56. The molecular formula is C5H11F2N3O2S. The van der Waals surface area contributed by atoms with E-state index in [-0.39, 0.29) is 12.4 Å². The van der Waals surface area contributed by atoms with Crippen LogP contribution in [0.4, 0.5) is 8.78 Å². The molecule has 0 fully saturated rings. The average molecular weight is 215 g/mol. The highest BCUT2D eigenvalue weighted by molar-refractivity contribution is 7.89. The Morgan fingerprint density at radius 1 is 1.62 bits per heavy atom. The van der Waals surface area contributed by atoms with Crippen molar-refractivity contribution in [3.63, 3.8) is 0 Å². The maximum atomic E-state index is 11.7. The van der Waals surface area contributed by atoms with E-state index in [1.807, 2.05) is 0 Å². The predicted molar refractivity (Wildman–Crippen MR) is 44.0 cm³/mol. The van der Waals surface area contributed by atoms with E-state index in [0.29, 0.717) is 0 Å². The molecule has 8 heteroatoms. The molecule has 0 aromatic rings. The molecule has 0 aromatic carbocycles. The number of sulfonamides is 1. The quantitative estimate of drug-likeness (QED) is 0.434. The van der Waals surface area contributed by atoms with Crippen LogP contribution in [0.15, 0.2) is 0 Å². The van der Waals surface area contributed by atoms with Crippen molar-refractivity contribution in [2.75, 3.05) is 6.54 Å². The van der Waals surface area contributed by atoms with Crippen LogP contribution in [0.3, 0.4) is 0 Å². The molecule has 0 aliphatic carbocycles. The Bertz CT molecular complexity index is 278. The van der Waals surface area contributed by atoms with Crippen molar-refractivity contribution in [1.82, 2.24) is 4.72 Å². The van der Waals surface area contributed by atoms with E-state index in [9.17, 15) is 17.2 Å². The minimum absolute atomic E-state index is 0.253. The van der Waals surface area contributed by atoms with Crippen LogP contribution in [-0.2, 0) is 10.0 Å². The van der Waals surface area contributed by atoms with Crippen molar-refractivity contribution < 1.29 is 17.2 Å². The van der Waals surface area contributed by atoms with Crippen molar-refractivity contribution in [2.45, 2.75) is 12.7 Å². The van der Waals surface area contributed by atoms with Gasteiger partial charge in [-0.15, -0.1) is 0 Å². The lowest BCUT2D eigenvalue weighted by Crippen LogP contribution is -2.36. The lowest BCUT2D eigenvalue weighted by molar-refractivity contribution is 0.232. The molecule has 0 aromatic heterocycles. The van der Waals surface area contributed by atoms with Gasteiger partial charge in [0.25, 0.3) is 10.0 Å². The highest BCUT2D eigenvalue weighted by atomic mass is 32.2. The minimum atomic E-state index is -4.56. The zero-order valence-corrected chi connectivity index (χ0v) is 7.74. The third kappa shape index (κ3) is 4.13. The van der Waals surface area contributed by atoms with Crippen LogP contribution in [0.25, 0.3) is 0 Å². The van der Waals surface area contributed by atoms with Crippen LogP contribution in [0.2, 0.25) is 0 Å². The second-order valence-corrected chi connectivity index (χ2v) is 4.25. The molecule has 4 N–H and O–H groups in total. The first-order valence-electron chi connectivity index (χ1n) is 3.38. The molecule has 0 spiro atoms. The van der Waals surface area contributed by atoms with Crippen molar-refractivity contribution >= 4 is 15.9 Å². The molecule has 0 saturated carbocycles. The van der Waals surface area contributed by atoms with Gasteiger partial charge in [0.1, 0.15) is 0 Å². The fraction of sp³-hybridized carbons (Fsp3) is 0.800. The third-order valence-electron chi connectivity index (χ3n) is 1.36. The number of alkyl halides is 2. The summed E-state index contributed by atoms with van der Waals surface area (Å²) in [4.78, 5) is 0. The Labute approximate surface area is 74.9 Å². The van der Waals surface area contributed by atoms with E-state index in [0.717, 1.165) is 0 Å². The lowest BCUT2D eigenvalue weighted by atomic mass is 10.2. The van der Waals surface area contributed by atoms with Gasteiger partial charge in [-0.05, 0) is 0 Å². The smallest absolute Gasteiger partial charge is 0.350 e. The van der Waals surface area contributed by atoms with E-state index in [1.165, 1.54) is 6.92 Å². The van der Waals surface area contributed by atoms with Gasteiger partial charge in [-0.1, -0.05) is 6.92 Å². The average Bonchev–Trinajstić information content (AvgIpc) is 1.99. The Hall–Kier alpha value is -0.760. The first kappa shape index (κ1) is 12.2. The van der Waals surface area contributed by atoms with E-state index in [2.05, 4.69) is 0 Å². The number of amidine groups is 1. The second kappa shape index (κ2) is 4.47. The summed E-state index contributed by atoms with van der Waals surface area (Å²) in [5.74, 6) is -4.29. The summed E-state index contributed by atoms with van der Waals surface area (Å²) in [6.07, 6.45) is 0. The van der Waals surface area contributed by atoms with Gasteiger partial charge in [-0.3, -0.25) is 5.41 Å². The highest BCUT2D eigenvalue weighted by Crippen LogP contribution is 2.02. The second-order valence-electron chi connectivity index (χ2n) is 2.51. The molecule has 0 heterocycles. The van der Waals surface area contributed by atoms with Crippen LogP contribution in [0.5, 0.6) is 0 Å². The molecule has 0 aliphatic rings. The molecule has 1 unspecified atom stereocenters. The van der Waals surface area contributed by atoms with E-state index < -0.39 is 21.7 Å². The topological polar surface area (TPSA) is 96.0 Å². The van der Waals surface area contributed by atoms with Crippen molar-refractivity contribution in [2.24, 2.45) is 11.7 Å². The largest absolute Gasteiger partial charge is 0.387 e. The predicted octanol–water partition coefficient (Wildman–Crippen LogP) is -0.300. The first-order valence-corrected chi connectivity index (χ1v) is 4.92. The van der Waals surface area contributed by atoms with Crippen LogP contribution in [-0.4, -0.2) is 26.6 Å². The van der Waals surface area contributed by atoms with Crippen LogP contribution >= 0.6 is 0 Å². The van der Waals surface area contributed by atoms with Gasteiger partial charge in [0.2, 0.25) is 0 Å². The van der Waals surface area contributed by atoms with Crippen molar-refractivity contribution in [3.8, 4) is 0 Å². The highest BCUT2D eigenvalue weighted by Gasteiger charge is 2.24. The van der Waals surface area contributed by atoms with E-state index in [4.69, 9.17) is 11.1 Å². The maximum Gasteiger partial charge on any atom is 0.350 e. The Kier molecular flexibility index (Phi) is 4.21. The third-order valence-corrected chi connectivity index (χ3v) is 2.39. The van der Waals surface area contributed by atoms with Crippen molar-refractivity contribution in [3.05, 3.63) is 0 Å². The number of nitrogens with one attached hydrogen (secondary N) is 2. The summed E-state index contributed by atoms with van der Waals surface area (Å²) in [5.41, 5.74) is 5.00. The van der Waals surface area contributed by atoms with Crippen LogP contribution < -0.4 is 10.5 Å². The molecule has 0 saturated heterocycles. The van der Waals surface area contributed by atoms with Crippen molar-refractivity contribution in [1.29, 1.82) is 5.41 Å². The number of nitrogens with two attached hydrogens (primary N) is 1. The molecule has 0 aliphatic heterocycles. The summed E-state index contributed by atoms with van der Waals surface area (Å²) in [5, 5.41) is 6.87. The molecule has 0 bridgehead atoms. The van der Waals surface area contributed by atoms with Crippen LogP contribution in [0, 0.1) is 11.3 Å². The monoisotopic (exact) mass is 215 g/mol. The maximum absolute atomic E-state index is 11.7. The number of hydrogen-bond acceptors (Lipinski definition) is 3. The van der Waals surface area contributed by atoms with Gasteiger partial charge in [0, 0.05) is 12.5 Å². The Morgan fingerprint density at radius 3 is 2.38 bits per heavy atom. The fourth-order valence-corrected chi connectivity index (χ4v) is 1.02. The summed E-state index contributed by atoms with van der Waals surface area (Å²) >= 11 is 0. The standard InChI is InChI=1S/C5H11F2N3O2S/c1-3(4(8)9)2-10-13(11,12)5(6)7/h3,5,10H,2H2,1H3,(H3,8,9). The Balaban J connectivity index is 4.11. The lowest BCUT2D eigenvalue weighted by Gasteiger charge is -2.10. The number of halogens is 2.